The number of benzene rings is 2. The largest absolute Gasteiger partial charge is 0.496 e. The van der Waals surface area contributed by atoms with Crippen LogP contribution in [0.15, 0.2) is 59.8 Å². The molecule has 35 heavy (non-hydrogen) atoms. The highest BCUT2D eigenvalue weighted by Gasteiger charge is 2.43. The van der Waals surface area contributed by atoms with Crippen LogP contribution in [0.4, 0.5) is 13.2 Å². The second-order valence-electron chi connectivity index (χ2n) is 9.48. The molecule has 1 aliphatic heterocycles. The fourth-order valence-corrected chi connectivity index (χ4v) is 5.66. The summed E-state index contributed by atoms with van der Waals surface area (Å²) in [4.78, 5) is 10.2. The predicted molar refractivity (Wildman–Crippen MR) is 132 cm³/mol. The molecule has 0 radical (unpaired) electrons. The highest BCUT2D eigenvalue weighted by molar-refractivity contribution is 6.32. The first-order valence-corrected chi connectivity index (χ1v) is 12.1. The summed E-state index contributed by atoms with van der Waals surface area (Å²) in [6.45, 7) is 5.04. The van der Waals surface area contributed by atoms with Crippen molar-refractivity contribution >= 4 is 22.6 Å². The molecule has 4 nitrogen and oxygen atoms in total. The van der Waals surface area contributed by atoms with E-state index in [9.17, 15) is 13.2 Å². The summed E-state index contributed by atoms with van der Waals surface area (Å²) < 4.78 is 45.8. The third kappa shape index (κ3) is 4.10. The summed E-state index contributed by atoms with van der Waals surface area (Å²) in [5.41, 5.74) is 2.86. The Hall–Kier alpha value is -2.93. The Bertz CT molecular complexity index is 1340. The lowest BCUT2D eigenvalue weighted by Gasteiger charge is -2.39. The van der Waals surface area contributed by atoms with Crippen molar-refractivity contribution in [2.24, 2.45) is 0 Å². The van der Waals surface area contributed by atoms with Crippen molar-refractivity contribution in [3.63, 3.8) is 0 Å². The van der Waals surface area contributed by atoms with Crippen LogP contribution in [0.5, 0.6) is 5.75 Å². The Labute approximate surface area is 207 Å². The minimum Gasteiger partial charge on any atom is -0.496 e. The summed E-state index contributed by atoms with van der Waals surface area (Å²) in [7, 11) is 1.68. The van der Waals surface area contributed by atoms with Crippen LogP contribution in [0.2, 0.25) is 5.02 Å². The van der Waals surface area contributed by atoms with Crippen LogP contribution in [0.3, 0.4) is 0 Å². The third-order valence-corrected chi connectivity index (χ3v) is 7.61. The van der Waals surface area contributed by atoms with Crippen LogP contribution in [0.1, 0.15) is 56.0 Å². The van der Waals surface area contributed by atoms with E-state index in [-0.39, 0.29) is 10.9 Å². The summed E-state index contributed by atoms with van der Waals surface area (Å²) in [5.74, 6) is 1.67. The van der Waals surface area contributed by atoms with Gasteiger partial charge in [0.1, 0.15) is 11.6 Å². The van der Waals surface area contributed by atoms with Crippen LogP contribution in [-0.2, 0) is 11.7 Å². The molecule has 0 bridgehead atoms. The molecular formula is C27H27ClF3N3O. The van der Waals surface area contributed by atoms with E-state index < -0.39 is 17.3 Å². The van der Waals surface area contributed by atoms with Gasteiger partial charge in [-0.3, -0.25) is 0 Å². The van der Waals surface area contributed by atoms with Gasteiger partial charge in [0.25, 0.3) is 0 Å². The number of nitrogens with one attached hydrogen (secondary N) is 1. The van der Waals surface area contributed by atoms with Gasteiger partial charge in [0, 0.05) is 23.7 Å². The molecule has 8 heteroatoms. The van der Waals surface area contributed by atoms with Crippen LogP contribution in [-0.4, -0.2) is 28.5 Å². The van der Waals surface area contributed by atoms with E-state index in [1.54, 1.807) is 7.11 Å². The number of imidazole rings is 1. The highest BCUT2D eigenvalue weighted by atomic mass is 35.5. The maximum absolute atomic E-state index is 13.4. The standard InChI is InChI=1S/C27H27ClF3N3O/c1-16-9-10-17(18-7-4-5-8-24(18)35-3)13-23(16)34-12-6-11-26(34,2)25-32-21-14-19(27(29,30)31)20(28)15-22(21)33-25/h4-5,7-9,13-15,17H,6,10-12H2,1-3H3,(H,32,33)/t17?,26-/m0/s1. The van der Waals surface area contributed by atoms with Gasteiger partial charge >= 0.3 is 6.18 Å². The van der Waals surface area contributed by atoms with Crippen molar-refractivity contribution in [3.05, 3.63) is 81.8 Å². The van der Waals surface area contributed by atoms with Gasteiger partial charge in [-0.05, 0) is 56.9 Å². The molecule has 2 aromatic carbocycles. The van der Waals surface area contributed by atoms with Crippen molar-refractivity contribution in [2.45, 2.75) is 50.7 Å². The Morgan fingerprint density at radius 2 is 2.00 bits per heavy atom. The molecule has 0 amide bonds. The Kier molecular flexibility index (Phi) is 5.86. The first-order chi connectivity index (χ1) is 16.6. The number of methoxy groups -OCH3 is 1. The van der Waals surface area contributed by atoms with Gasteiger partial charge in [0.05, 0.1) is 34.3 Å². The number of likely N-dealkylation sites (tertiary alicyclic amines) is 1. The average molecular weight is 502 g/mol. The summed E-state index contributed by atoms with van der Waals surface area (Å²) in [6, 6.07) is 10.4. The van der Waals surface area contributed by atoms with E-state index in [2.05, 4.69) is 41.9 Å². The van der Waals surface area contributed by atoms with Crippen molar-refractivity contribution in [2.75, 3.05) is 13.7 Å². The maximum atomic E-state index is 13.4. The van der Waals surface area contributed by atoms with E-state index in [1.807, 2.05) is 18.2 Å². The van der Waals surface area contributed by atoms with Crippen molar-refractivity contribution in [1.82, 2.24) is 14.9 Å². The van der Waals surface area contributed by atoms with Gasteiger partial charge in [0.2, 0.25) is 0 Å². The van der Waals surface area contributed by atoms with Crippen molar-refractivity contribution in [3.8, 4) is 5.75 Å². The second kappa shape index (κ2) is 8.63. The summed E-state index contributed by atoms with van der Waals surface area (Å²) in [5, 5.41) is -0.343. The van der Waals surface area contributed by atoms with Gasteiger partial charge < -0.3 is 14.6 Å². The Morgan fingerprint density at radius 1 is 1.23 bits per heavy atom. The Balaban J connectivity index is 1.55. The van der Waals surface area contributed by atoms with Gasteiger partial charge in [-0.15, -0.1) is 0 Å². The monoisotopic (exact) mass is 501 g/mol. The topological polar surface area (TPSA) is 41.1 Å². The summed E-state index contributed by atoms with van der Waals surface area (Å²) in [6.07, 6.45) is 2.67. The lowest BCUT2D eigenvalue weighted by molar-refractivity contribution is -0.137. The van der Waals surface area contributed by atoms with E-state index in [1.165, 1.54) is 11.6 Å². The average Bonchev–Trinajstić information content (AvgIpc) is 3.42. The number of hydrogen-bond donors (Lipinski definition) is 1. The molecule has 184 valence electrons. The molecule has 2 heterocycles. The number of H-pyrrole nitrogens is 1. The maximum Gasteiger partial charge on any atom is 0.417 e. The number of aromatic nitrogens is 2. The predicted octanol–water partition coefficient (Wildman–Crippen LogP) is 7.57. The molecule has 1 aromatic heterocycles. The highest BCUT2D eigenvalue weighted by Crippen LogP contribution is 2.45. The van der Waals surface area contributed by atoms with Gasteiger partial charge in [0.15, 0.2) is 0 Å². The van der Waals surface area contributed by atoms with E-state index >= 15 is 0 Å². The molecule has 0 saturated carbocycles. The summed E-state index contributed by atoms with van der Waals surface area (Å²) >= 11 is 5.95. The quantitative estimate of drug-likeness (QED) is 0.400. The molecule has 1 fully saturated rings. The minimum atomic E-state index is -4.53. The molecule has 1 saturated heterocycles. The fourth-order valence-electron chi connectivity index (χ4n) is 5.39. The second-order valence-corrected chi connectivity index (χ2v) is 9.89. The number of ether oxygens (including phenoxy) is 1. The van der Waals surface area contributed by atoms with Crippen molar-refractivity contribution in [1.29, 1.82) is 0 Å². The van der Waals surface area contributed by atoms with Gasteiger partial charge in [-0.1, -0.05) is 42.0 Å². The van der Waals surface area contributed by atoms with E-state index in [0.717, 1.165) is 48.9 Å². The molecule has 0 spiro atoms. The lowest BCUT2D eigenvalue weighted by Crippen LogP contribution is -2.39. The number of halogens is 4. The van der Waals surface area contributed by atoms with Crippen LogP contribution >= 0.6 is 11.6 Å². The number of nitrogens with zero attached hydrogens (tertiary/aromatic N) is 2. The first-order valence-electron chi connectivity index (χ1n) is 11.7. The zero-order valence-corrected chi connectivity index (χ0v) is 20.6. The van der Waals surface area contributed by atoms with Gasteiger partial charge in [-0.2, -0.15) is 13.2 Å². The smallest absolute Gasteiger partial charge is 0.417 e. The van der Waals surface area contributed by atoms with E-state index in [0.29, 0.717) is 16.9 Å². The number of fused-ring (bicyclic) bond motifs is 1. The number of hydrogen-bond acceptors (Lipinski definition) is 3. The number of aromatic amines is 1. The van der Waals surface area contributed by atoms with Crippen LogP contribution < -0.4 is 4.74 Å². The molecule has 1 unspecified atom stereocenters. The van der Waals surface area contributed by atoms with Crippen molar-refractivity contribution < 1.29 is 17.9 Å². The zero-order valence-electron chi connectivity index (χ0n) is 19.8. The molecule has 5 rings (SSSR count). The molecular weight excluding hydrogens is 475 g/mol. The number of alkyl halides is 3. The minimum absolute atomic E-state index is 0.165. The normalized spacial score (nSPS) is 22.9. The van der Waals surface area contributed by atoms with Crippen LogP contribution in [0, 0.1) is 0 Å². The SMILES string of the molecule is COc1ccccc1C1C=C(N2CCC[C@@]2(C)c2nc3cc(Cl)c(C(F)(F)F)cc3[nH]2)C(C)=CC1. The lowest BCUT2D eigenvalue weighted by atomic mass is 9.86. The number of rotatable bonds is 4. The van der Waals surface area contributed by atoms with E-state index in [4.69, 9.17) is 21.3 Å². The molecule has 1 N–H and O–H groups in total. The molecule has 2 aliphatic rings. The molecule has 1 aliphatic carbocycles. The molecule has 3 aromatic rings. The zero-order chi connectivity index (χ0) is 25.0. The number of allylic oxidation sites excluding steroid dienone is 3. The Morgan fingerprint density at radius 3 is 2.74 bits per heavy atom. The third-order valence-electron chi connectivity index (χ3n) is 7.30. The first kappa shape index (κ1) is 23.8. The van der Waals surface area contributed by atoms with Crippen LogP contribution in [0.25, 0.3) is 11.0 Å². The number of para-hydroxylation sites is 1. The molecule has 2 atom stereocenters. The fraction of sp³-hybridized carbons (Fsp3) is 0.370. The van der Waals surface area contributed by atoms with Gasteiger partial charge in [-0.25, -0.2) is 4.98 Å².